The van der Waals surface area contributed by atoms with E-state index < -0.39 is 0 Å². The first-order valence-electron chi connectivity index (χ1n) is 7.11. The van der Waals surface area contributed by atoms with E-state index in [-0.39, 0.29) is 5.91 Å². The van der Waals surface area contributed by atoms with Crippen molar-refractivity contribution < 1.29 is 4.79 Å². The standard InChI is InChI=1S/C17H21N3O/c1-4-18-15-8-9-19-16(11-15)17(21)20(3)12-14-7-5-6-13(2)10-14/h5-11H,4,12H2,1-3H3,(H,18,19). The van der Waals surface area contributed by atoms with Crippen LogP contribution in [0.5, 0.6) is 0 Å². The van der Waals surface area contributed by atoms with Gasteiger partial charge in [-0.05, 0) is 31.5 Å². The molecule has 1 amide bonds. The highest BCUT2D eigenvalue weighted by atomic mass is 16.2. The highest BCUT2D eigenvalue weighted by Gasteiger charge is 2.14. The van der Waals surface area contributed by atoms with Crippen LogP contribution in [-0.4, -0.2) is 29.4 Å². The largest absolute Gasteiger partial charge is 0.385 e. The minimum Gasteiger partial charge on any atom is -0.385 e. The predicted molar refractivity (Wildman–Crippen MR) is 85.4 cm³/mol. The second-order valence-corrected chi connectivity index (χ2v) is 5.11. The molecule has 0 unspecified atom stereocenters. The van der Waals surface area contributed by atoms with Crippen molar-refractivity contribution in [1.82, 2.24) is 9.88 Å². The molecule has 0 saturated carbocycles. The summed E-state index contributed by atoms with van der Waals surface area (Å²) in [4.78, 5) is 18.3. The lowest BCUT2D eigenvalue weighted by Crippen LogP contribution is -2.27. The second-order valence-electron chi connectivity index (χ2n) is 5.11. The van der Waals surface area contributed by atoms with Gasteiger partial charge in [0.25, 0.3) is 5.91 Å². The van der Waals surface area contributed by atoms with Gasteiger partial charge in [0.1, 0.15) is 5.69 Å². The van der Waals surface area contributed by atoms with E-state index in [1.165, 1.54) is 5.56 Å². The van der Waals surface area contributed by atoms with Crippen molar-refractivity contribution in [3.05, 3.63) is 59.4 Å². The van der Waals surface area contributed by atoms with Gasteiger partial charge in [-0.25, -0.2) is 0 Å². The molecule has 2 aromatic rings. The van der Waals surface area contributed by atoms with Gasteiger partial charge in [0.15, 0.2) is 0 Å². The third-order valence-corrected chi connectivity index (χ3v) is 3.21. The van der Waals surface area contributed by atoms with Gasteiger partial charge in [-0.15, -0.1) is 0 Å². The number of aromatic nitrogens is 1. The summed E-state index contributed by atoms with van der Waals surface area (Å²) in [7, 11) is 1.80. The van der Waals surface area contributed by atoms with Crippen LogP contribution in [0.25, 0.3) is 0 Å². The van der Waals surface area contributed by atoms with Crippen LogP contribution in [0.15, 0.2) is 42.6 Å². The number of rotatable bonds is 5. The summed E-state index contributed by atoms with van der Waals surface area (Å²) in [5.74, 6) is -0.0729. The summed E-state index contributed by atoms with van der Waals surface area (Å²) in [5, 5.41) is 3.19. The van der Waals surface area contributed by atoms with Crippen LogP contribution in [0, 0.1) is 6.92 Å². The lowest BCUT2D eigenvalue weighted by atomic mass is 10.1. The number of carbonyl (C=O) groups is 1. The molecule has 1 aromatic heterocycles. The zero-order valence-electron chi connectivity index (χ0n) is 12.8. The Morgan fingerprint density at radius 1 is 1.29 bits per heavy atom. The van der Waals surface area contributed by atoms with Crippen LogP contribution >= 0.6 is 0 Å². The number of amides is 1. The first-order chi connectivity index (χ1) is 10.1. The second kappa shape index (κ2) is 6.88. The third-order valence-electron chi connectivity index (χ3n) is 3.21. The molecule has 110 valence electrons. The Labute approximate surface area is 125 Å². The van der Waals surface area contributed by atoms with Gasteiger partial charge in [-0.3, -0.25) is 9.78 Å². The maximum Gasteiger partial charge on any atom is 0.272 e. The molecule has 4 heteroatoms. The summed E-state index contributed by atoms with van der Waals surface area (Å²) in [5.41, 5.74) is 3.69. The Morgan fingerprint density at radius 3 is 2.81 bits per heavy atom. The van der Waals surface area contributed by atoms with Crippen LogP contribution in [0.1, 0.15) is 28.5 Å². The topological polar surface area (TPSA) is 45.2 Å². The third kappa shape index (κ3) is 4.05. The Kier molecular flexibility index (Phi) is 4.93. The molecule has 0 saturated heterocycles. The van der Waals surface area contributed by atoms with Crippen LogP contribution in [0.3, 0.4) is 0 Å². The molecule has 0 spiro atoms. The Morgan fingerprint density at radius 2 is 2.10 bits per heavy atom. The fourth-order valence-corrected chi connectivity index (χ4v) is 2.21. The van der Waals surface area contributed by atoms with Crippen molar-refractivity contribution in [2.75, 3.05) is 18.9 Å². The van der Waals surface area contributed by atoms with Gasteiger partial charge in [0.2, 0.25) is 0 Å². The fourth-order valence-electron chi connectivity index (χ4n) is 2.21. The molecule has 1 heterocycles. The molecular weight excluding hydrogens is 262 g/mol. The number of anilines is 1. The highest BCUT2D eigenvalue weighted by molar-refractivity contribution is 5.92. The van der Waals surface area contributed by atoms with Crippen molar-refractivity contribution in [2.24, 2.45) is 0 Å². The molecule has 4 nitrogen and oxygen atoms in total. The summed E-state index contributed by atoms with van der Waals surface area (Å²) < 4.78 is 0. The van der Waals surface area contributed by atoms with Gasteiger partial charge in [-0.2, -0.15) is 0 Å². The summed E-state index contributed by atoms with van der Waals surface area (Å²) in [6, 6.07) is 11.8. The minimum absolute atomic E-state index is 0.0729. The van der Waals surface area contributed by atoms with Crippen molar-refractivity contribution in [3.63, 3.8) is 0 Å². The number of hydrogen-bond donors (Lipinski definition) is 1. The normalized spacial score (nSPS) is 10.2. The number of benzene rings is 1. The Balaban J connectivity index is 2.10. The zero-order chi connectivity index (χ0) is 15.2. The Hall–Kier alpha value is -2.36. The molecule has 1 aromatic carbocycles. The predicted octanol–water partition coefficient (Wildman–Crippen LogP) is 3.09. The SMILES string of the molecule is CCNc1ccnc(C(=O)N(C)Cc2cccc(C)c2)c1. The van der Waals surface area contributed by atoms with Gasteiger partial charge < -0.3 is 10.2 Å². The van der Waals surface area contributed by atoms with Crippen molar-refractivity contribution in [2.45, 2.75) is 20.4 Å². The molecule has 0 aliphatic rings. The molecule has 0 aliphatic heterocycles. The maximum atomic E-state index is 12.4. The molecule has 21 heavy (non-hydrogen) atoms. The van der Waals surface area contributed by atoms with Gasteiger partial charge in [0, 0.05) is 32.0 Å². The average molecular weight is 283 g/mol. The van der Waals surface area contributed by atoms with Crippen LogP contribution in [0.4, 0.5) is 5.69 Å². The number of nitrogens with zero attached hydrogens (tertiary/aromatic N) is 2. The Bertz CT molecular complexity index is 625. The molecule has 0 atom stereocenters. The average Bonchev–Trinajstić information content (AvgIpc) is 2.47. The molecular formula is C17H21N3O. The lowest BCUT2D eigenvalue weighted by molar-refractivity contribution is 0.0779. The highest BCUT2D eigenvalue weighted by Crippen LogP contribution is 2.12. The zero-order valence-corrected chi connectivity index (χ0v) is 12.8. The van der Waals surface area contributed by atoms with Crippen molar-refractivity contribution in [1.29, 1.82) is 0 Å². The molecule has 2 rings (SSSR count). The number of nitrogens with one attached hydrogen (secondary N) is 1. The molecule has 0 aliphatic carbocycles. The quantitative estimate of drug-likeness (QED) is 0.917. The lowest BCUT2D eigenvalue weighted by Gasteiger charge is -2.17. The number of pyridine rings is 1. The minimum atomic E-state index is -0.0729. The van der Waals surface area contributed by atoms with E-state index in [0.717, 1.165) is 17.8 Å². The van der Waals surface area contributed by atoms with Crippen molar-refractivity contribution in [3.8, 4) is 0 Å². The number of carbonyl (C=O) groups excluding carboxylic acids is 1. The summed E-state index contributed by atoms with van der Waals surface area (Å²) >= 11 is 0. The van der Waals surface area contributed by atoms with E-state index in [1.54, 1.807) is 24.2 Å². The van der Waals surface area contributed by atoms with Crippen LogP contribution < -0.4 is 5.32 Å². The number of hydrogen-bond acceptors (Lipinski definition) is 3. The van der Waals surface area contributed by atoms with Crippen LogP contribution in [-0.2, 0) is 6.54 Å². The molecule has 0 radical (unpaired) electrons. The van der Waals surface area contributed by atoms with Gasteiger partial charge in [0.05, 0.1) is 0 Å². The van der Waals surface area contributed by atoms with Gasteiger partial charge >= 0.3 is 0 Å². The molecule has 0 bridgehead atoms. The fraction of sp³-hybridized carbons (Fsp3) is 0.294. The summed E-state index contributed by atoms with van der Waals surface area (Å²) in [6.07, 6.45) is 1.66. The van der Waals surface area contributed by atoms with E-state index in [0.29, 0.717) is 12.2 Å². The van der Waals surface area contributed by atoms with Crippen molar-refractivity contribution >= 4 is 11.6 Å². The first-order valence-corrected chi connectivity index (χ1v) is 7.11. The van der Waals surface area contributed by atoms with E-state index >= 15 is 0 Å². The summed E-state index contributed by atoms with van der Waals surface area (Å²) in [6.45, 7) is 5.46. The van der Waals surface area contributed by atoms with Gasteiger partial charge in [-0.1, -0.05) is 29.8 Å². The smallest absolute Gasteiger partial charge is 0.272 e. The maximum absolute atomic E-state index is 12.4. The molecule has 0 fully saturated rings. The van der Waals surface area contributed by atoms with E-state index in [1.807, 2.05) is 38.1 Å². The molecule has 1 N–H and O–H groups in total. The van der Waals surface area contributed by atoms with Crippen LogP contribution in [0.2, 0.25) is 0 Å². The van der Waals surface area contributed by atoms with E-state index in [4.69, 9.17) is 0 Å². The van der Waals surface area contributed by atoms with E-state index in [9.17, 15) is 4.79 Å². The first kappa shape index (κ1) is 15.0. The number of aryl methyl sites for hydroxylation is 1. The monoisotopic (exact) mass is 283 g/mol. The van der Waals surface area contributed by atoms with E-state index in [2.05, 4.69) is 16.4 Å².